The average molecular weight is 283 g/mol. The van der Waals surface area contributed by atoms with Gasteiger partial charge < -0.3 is 10.6 Å². The van der Waals surface area contributed by atoms with Crippen molar-refractivity contribution in [3.8, 4) is 0 Å². The van der Waals surface area contributed by atoms with Crippen LogP contribution in [0.3, 0.4) is 0 Å². The first kappa shape index (κ1) is 15.2. The van der Waals surface area contributed by atoms with Gasteiger partial charge in [0.15, 0.2) is 0 Å². The third kappa shape index (κ3) is 4.68. The largest absolute Gasteiger partial charge is 0.354 e. The molecule has 2 rings (SSSR count). The third-order valence-corrected chi connectivity index (χ3v) is 3.37. The molecular weight excluding hydrogens is 262 g/mol. The van der Waals surface area contributed by atoms with E-state index in [1.54, 1.807) is 19.4 Å². The number of pyridine rings is 1. The Morgan fingerprint density at radius 1 is 1.14 bits per heavy atom. The third-order valence-electron chi connectivity index (χ3n) is 3.37. The number of aromatic nitrogens is 1. The summed E-state index contributed by atoms with van der Waals surface area (Å²) >= 11 is 0. The molecule has 0 aliphatic rings. The van der Waals surface area contributed by atoms with E-state index >= 15 is 0 Å². The Morgan fingerprint density at radius 3 is 2.52 bits per heavy atom. The Hall–Kier alpha value is -2.20. The molecule has 1 unspecified atom stereocenters. The summed E-state index contributed by atoms with van der Waals surface area (Å²) in [4.78, 5) is 16.2. The number of rotatable bonds is 7. The van der Waals surface area contributed by atoms with Gasteiger partial charge in [-0.3, -0.25) is 9.78 Å². The van der Waals surface area contributed by atoms with Crippen molar-refractivity contribution >= 4 is 5.91 Å². The molecule has 2 N–H and O–H groups in total. The summed E-state index contributed by atoms with van der Waals surface area (Å²) in [6, 6.07) is 13.4. The van der Waals surface area contributed by atoms with Crippen LogP contribution in [0, 0.1) is 0 Å². The number of likely N-dealkylation sites (N-methyl/N-ethyl adjacent to an activating group) is 1. The molecule has 0 fully saturated rings. The van der Waals surface area contributed by atoms with Gasteiger partial charge in [-0.05, 0) is 43.1 Å². The summed E-state index contributed by atoms with van der Waals surface area (Å²) in [5.41, 5.74) is 2.22. The van der Waals surface area contributed by atoms with Gasteiger partial charge in [0, 0.05) is 18.9 Å². The van der Waals surface area contributed by atoms with E-state index in [2.05, 4.69) is 15.6 Å². The van der Waals surface area contributed by atoms with Crippen LogP contribution < -0.4 is 10.6 Å². The van der Waals surface area contributed by atoms with Crippen molar-refractivity contribution in [3.05, 3.63) is 66.0 Å². The number of amides is 1. The van der Waals surface area contributed by atoms with Crippen LogP contribution in [0.25, 0.3) is 0 Å². The van der Waals surface area contributed by atoms with Gasteiger partial charge in [0.25, 0.3) is 0 Å². The Bertz CT molecular complexity index is 542. The highest BCUT2D eigenvalue weighted by Crippen LogP contribution is 2.11. The van der Waals surface area contributed by atoms with Crippen LogP contribution in [0.5, 0.6) is 0 Å². The van der Waals surface area contributed by atoms with Crippen LogP contribution in [-0.4, -0.2) is 24.5 Å². The van der Waals surface area contributed by atoms with Crippen LogP contribution in [0.2, 0.25) is 0 Å². The average Bonchev–Trinajstić information content (AvgIpc) is 2.54. The summed E-state index contributed by atoms with van der Waals surface area (Å²) < 4.78 is 0. The van der Waals surface area contributed by atoms with E-state index in [1.165, 1.54) is 5.56 Å². The number of carbonyl (C=O) groups is 1. The zero-order valence-corrected chi connectivity index (χ0v) is 12.3. The van der Waals surface area contributed by atoms with Crippen molar-refractivity contribution in [3.63, 3.8) is 0 Å². The number of carbonyl (C=O) groups excluding carboxylic acids is 1. The molecule has 4 nitrogen and oxygen atoms in total. The Labute approximate surface area is 125 Å². The van der Waals surface area contributed by atoms with Crippen molar-refractivity contribution in [2.24, 2.45) is 0 Å². The fourth-order valence-corrected chi connectivity index (χ4v) is 2.25. The van der Waals surface area contributed by atoms with E-state index in [-0.39, 0.29) is 11.9 Å². The summed E-state index contributed by atoms with van der Waals surface area (Å²) in [5.74, 6) is 0.0124. The lowest BCUT2D eigenvalue weighted by molar-refractivity contribution is -0.123. The quantitative estimate of drug-likeness (QED) is 0.765. The first-order valence-corrected chi connectivity index (χ1v) is 7.20. The minimum atomic E-state index is -0.299. The number of aryl methyl sites for hydroxylation is 1. The van der Waals surface area contributed by atoms with E-state index < -0.39 is 0 Å². The molecule has 0 aliphatic heterocycles. The van der Waals surface area contributed by atoms with Crippen LogP contribution in [-0.2, 0) is 11.2 Å². The predicted molar refractivity (Wildman–Crippen MR) is 83.8 cm³/mol. The van der Waals surface area contributed by atoms with Gasteiger partial charge in [-0.15, -0.1) is 0 Å². The second-order valence-corrected chi connectivity index (χ2v) is 4.88. The fraction of sp³-hybridized carbons (Fsp3) is 0.294. The number of benzene rings is 1. The van der Waals surface area contributed by atoms with Gasteiger partial charge in [-0.1, -0.05) is 30.3 Å². The molecule has 0 radical (unpaired) electrons. The lowest BCUT2D eigenvalue weighted by Crippen LogP contribution is -2.36. The Kier molecular flexibility index (Phi) is 5.91. The number of nitrogens with zero attached hydrogens (tertiary/aromatic N) is 1. The second kappa shape index (κ2) is 8.17. The molecule has 1 amide bonds. The molecule has 1 aromatic heterocycles. The first-order chi connectivity index (χ1) is 10.3. The fourth-order valence-electron chi connectivity index (χ4n) is 2.25. The number of hydrogen-bond donors (Lipinski definition) is 2. The van der Waals surface area contributed by atoms with E-state index in [1.807, 2.05) is 42.5 Å². The topological polar surface area (TPSA) is 54.0 Å². The van der Waals surface area contributed by atoms with Gasteiger partial charge in [0.2, 0.25) is 5.91 Å². The van der Waals surface area contributed by atoms with Crippen LogP contribution in [0.4, 0.5) is 0 Å². The van der Waals surface area contributed by atoms with Crippen molar-refractivity contribution < 1.29 is 4.79 Å². The highest BCUT2D eigenvalue weighted by molar-refractivity contribution is 5.83. The predicted octanol–water partition coefficient (Wildman–Crippen LogP) is 2.09. The molecule has 0 bridgehead atoms. The Balaban J connectivity index is 1.78. The first-order valence-electron chi connectivity index (χ1n) is 7.20. The van der Waals surface area contributed by atoms with Crippen molar-refractivity contribution in [1.82, 2.24) is 15.6 Å². The maximum absolute atomic E-state index is 12.2. The minimum Gasteiger partial charge on any atom is -0.354 e. The van der Waals surface area contributed by atoms with Gasteiger partial charge in [-0.2, -0.15) is 0 Å². The molecule has 0 spiro atoms. The lowest BCUT2D eigenvalue weighted by atomic mass is 10.1. The lowest BCUT2D eigenvalue weighted by Gasteiger charge is -2.16. The number of nitrogens with one attached hydrogen (secondary N) is 2. The summed E-state index contributed by atoms with van der Waals surface area (Å²) in [6.07, 6.45) is 5.44. The van der Waals surface area contributed by atoms with E-state index in [0.717, 1.165) is 18.4 Å². The zero-order valence-electron chi connectivity index (χ0n) is 12.3. The number of hydrogen-bond acceptors (Lipinski definition) is 3. The monoisotopic (exact) mass is 283 g/mol. The van der Waals surface area contributed by atoms with Crippen LogP contribution >= 0.6 is 0 Å². The molecule has 2 aromatic rings. The van der Waals surface area contributed by atoms with Crippen molar-refractivity contribution in [1.29, 1.82) is 0 Å². The summed E-state index contributed by atoms with van der Waals surface area (Å²) in [7, 11) is 1.80. The molecule has 1 aromatic carbocycles. The Morgan fingerprint density at radius 2 is 1.86 bits per heavy atom. The smallest absolute Gasteiger partial charge is 0.241 e. The van der Waals surface area contributed by atoms with Gasteiger partial charge in [0.05, 0.1) is 0 Å². The molecule has 110 valence electrons. The molecule has 21 heavy (non-hydrogen) atoms. The van der Waals surface area contributed by atoms with Gasteiger partial charge in [-0.25, -0.2) is 0 Å². The van der Waals surface area contributed by atoms with Crippen molar-refractivity contribution in [2.75, 3.05) is 13.6 Å². The molecule has 4 heteroatoms. The van der Waals surface area contributed by atoms with E-state index in [9.17, 15) is 4.79 Å². The van der Waals surface area contributed by atoms with E-state index in [0.29, 0.717) is 6.54 Å². The zero-order chi connectivity index (χ0) is 14.9. The molecule has 0 aliphatic carbocycles. The van der Waals surface area contributed by atoms with E-state index in [4.69, 9.17) is 0 Å². The highest BCUT2D eigenvalue weighted by atomic mass is 16.2. The van der Waals surface area contributed by atoms with Crippen LogP contribution in [0.1, 0.15) is 23.6 Å². The van der Waals surface area contributed by atoms with Crippen LogP contribution in [0.15, 0.2) is 54.9 Å². The summed E-state index contributed by atoms with van der Waals surface area (Å²) in [5, 5.41) is 6.04. The normalized spacial score (nSPS) is 11.9. The maximum atomic E-state index is 12.2. The molecule has 1 atom stereocenters. The molecule has 0 saturated carbocycles. The SMILES string of the molecule is CNC(C(=O)NCCCc1ccncc1)c1ccccc1. The minimum absolute atomic E-state index is 0.0124. The standard InChI is InChI=1S/C17H21N3O/c1-18-16(15-7-3-2-4-8-15)17(21)20-11-5-6-14-9-12-19-13-10-14/h2-4,7-10,12-13,16,18H,5-6,11H2,1H3,(H,20,21). The highest BCUT2D eigenvalue weighted by Gasteiger charge is 2.17. The molecule has 1 heterocycles. The van der Waals surface area contributed by atoms with Gasteiger partial charge in [0.1, 0.15) is 6.04 Å². The maximum Gasteiger partial charge on any atom is 0.241 e. The van der Waals surface area contributed by atoms with Gasteiger partial charge >= 0.3 is 0 Å². The second-order valence-electron chi connectivity index (χ2n) is 4.88. The van der Waals surface area contributed by atoms with Crippen molar-refractivity contribution in [2.45, 2.75) is 18.9 Å². The summed E-state index contributed by atoms with van der Waals surface area (Å²) in [6.45, 7) is 0.673. The molecule has 0 saturated heterocycles. The molecular formula is C17H21N3O.